The Hall–Kier alpha value is -1.48. The van der Waals surface area contributed by atoms with E-state index in [1.807, 2.05) is 18.2 Å². The quantitative estimate of drug-likeness (QED) is 0.494. The highest BCUT2D eigenvalue weighted by Crippen LogP contribution is 2.25. The lowest BCUT2D eigenvalue weighted by Gasteiger charge is -2.09. The van der Waals surface area contributed by atoms with E-state index in [4.69, 9.17) is 0 Å². The van der Waals surface area contributed by atoms with Crippen LogP contribution in [0, 0.1) is 11.6 Å². The molecular formula is C17H15BrF2. The lowest BCUT2D eigenvalue weighted by molar-refractivity contribution is 0.627. The van der Waals surface area contributed by atoms with Crippen LogP contribution in [0.2, 0.25) is 0 Å². The molecule has 0 atom stereocenters. The van der Waals surface area contributed by atoms with Crippen molar-refractivity contribution in [3.63, 3.8) is 0 Å². The smallest absolute Gasteiger partial charge is 0.123 e. The first kappa shape index (κ1) is 14.9. The fourth-order valence-electron chi connectivity index (χ4n) is 2.04. The summed E-state index contributed by atoms with van der Waals surface area (Å²) in [6.45, 7) is 0. The lowest BCUT2D eigenvalue weighted by atomic mass is 9.96. The van der Waals surface area contributed by atoms with E-state index in [9.17, 15) is 8.78 Å². The van der Waals surface area contributed by atoms with Crippen molar-refractivity contribution < 1.29 is 8.78 Å². The maximum Gasteiger partial charge on any atom is 0.123 e. The SMILES string of the molecule is Fc1cccc(C(=CCCCBr)c2cccc(F)c2)c1. The highest BCUT2D eigenvalue weighted by molar-refractivity contribution is 9.09. The van der Waals surface area contributed by atoms with Crippen LogP contribution in [-0.2, 0) is 0 Å². The molecule has 0 amide bonds. The second-order valence-electron chi connectivity index (χ2n) is 4.47. The highest BCUT2D eigenvalue weighted by atomic mass is 79.9. The first-order chi connectivity index (χ1) is 9.70. The van der Waals surface area contributed by atoms with Crippen molar-refractivity contribution in [1.29, 1.82) is 0 Å². The maximum absolute atomic E-state index is 13.4. The van der Waals surface area contributed by atoms with Crippen molar-refractivity contribution in [3.8, 4) is 0 Å². The molecule has 0 aliphatic carbocycles. The topological polar surface area (TPSA) is 0 Å². The van der Waals surface area contributed by atoms with E-state index in [1.165, 1.54) is 24.3 Å². The molecule has 0 unspecified atom stereocenters. The van der Waals surface area contributed by atoms with Crippen LogP contribution >= 0.6 is 15.9 Å². The van der Waals surface area contributed by atoms with Gasteiger partial charge < -0.3 is 0 Å². The van der Waals surface area contributed by atoms with Gasteiger partial charge in [-0.1, -0.05) is 46.3 Å². The Bertz CT molecular complexity index is 558. The molecule has 0 saturated heterocycles. The van der Waals surface area contributed by atoms with Gasteiger partial charge in [0.2, 0.25) is 0 Å². The highest BCUT2D eigenvalue weighted by Gasteiger charge is 2.07. The molecule has 0 heterocycles. The molecule has 0 aliphatic heterocycles. The van der Waals surface area contributed by atoms with Crippen molar-refractivity contribution in [1.82, 2.24) is 0 Å². The summed E-state index contributed by atoms with van der Waals surface area (Å²) in [5.41, 5.74) is 2.40. The van der Waals surface area contributed by atoms with Gasteiger partial charge in [0.05, 0.1) is 0 Å². The molecule has 0 spiro atoms. The average Bonchev–Trinajstić information content (AvgIpc) is 2.43. The minimum Gasteiger partial charge on any atom is -0.207 e. The van der Waals surface area contributed by atoms with Crippen molar-refractivity contribution in [2.75, 3.05) is 5.33 Å². The predicted octanol–water partition coefficient (Wildman–Crippen LogP) is 5.57. The summed E-state index contributed by atoms with van der Waals surface area (Å²) in [6, 6.07) is 12.8. The van der Waals surface area contributed by atoms with E-state index in [0.29, 0.717) is 0 Å². The van der Waals surface area contributed by atoms with E-state index < -0.39 is 0 Å². The molecule has 20 heavy (non-hydrogen) atoms. The molecule has 0 bridgehead atoms. The maximum atomic E-state index is 13.4. The second kappa shape index (κ2) is 7.34. The number of unbranched alkanes of at least 4 members (excludes halogenated alkanes) is 1. The van der Waals surface area contributed by atoms with Crippen LogP contribution in [0.3, 0.4) is 0 Å². The van der Waals surface area contributed by atoms with Crippen LogP contribution in [0.4, 0.5) is 8.78 Å². The molecule has 3 heteroatoms. The standard InChI is InChI=1S/C17H15BrF2/c18-10-2-1-9-17(13-5-3-7-15(19)11-13)14-6-4-8-16(20)12-14/h3-9,11-12H,1-2,10H2. The first-order valence-electron chi connectivity index (χ1n) is 6.48. The average molecular weight is 337 g/mol. The van der Waals surface area contributed by atoms with Crippen LogP contribution in [0.5, 0.6) is 0 Å². The Labute approximate surface area is 126 Å². The van der Waals surface area contributed by atoms with Gasteiger partial charge >= 0.3 is 0 Å². The number of allylic oxidation sites excluding steroid dienone is 1. The molecule has 2 rings (SSSR count). The summed E-state index contributed by atoms with van der Waals surface area (Å²) in [7, 11) is 0. The Kier molecular flexibility index (Phi) is 5.48. The summed E-state index contributed by atoms with van der Waals surface area (Å²) in [5.74, 6) is -0.574. The number of hydrogen-bond acceptors (Lipinski definition) is 0. The van der Waals surface area contributed by atoms with Crippen molar-refractivity contribution >= 4 is 21.5 Å². The third kappa shape index (κ3) is 4.01. The summed E-state index contributed by atoms with van der Waals surface area (Å²) < 4.78 is 26.8. The fourth-order valence-corrected chi connectivity index (χ4v) is 2.36. The molecule has 0 radical (unpaired) electrons. The lowest BCUT2D eigenvalue weighted by Crippen LogP contribution is -1.91. The van der Waals surface area contributed by atoms with Gasteiger partial charge in [-0.2, -0.15) is 0 Å². The van der Waals surface area contributed by atoms with Crippen molar-refractivity contribution in [3.05, 3.63) is 77.4 Å². The largest absolute Gasteiger partial charge is 0.207 e. The number of halogens is 3. The van der Waals surface area contributed by atoms with Crippen LogP contribution in [0.15, 0.2) is 54.6 Å². The van der Waals surface area contributed by atoms with Crippen molar-refractivity contribution in [2.24, 2.45) is 0 Å². The zero-order valence-corrected chi connectivity index (χ0v) is 12.5. The predicted molar refractivity (Wildman–Crippen MR) is 82.9 cm³/mol. The number of hydrogen-bond donors (Lipinski definition) is 0. The molecule has 0 aromatic heterocycles. The molecule has 0 nitrogen and oxygen atoms in total. The molecule has 0 saturated carbocycles. The minimum absolute atomic E-state index is 0.287. The van der Waals surface area contributed by atoms with Gasteiger partial charge in [0, 0.05) is 5.33 Å². The van der Waals surface area contributed by atoms with Gasteiger partial charge in [-0.25, -0.2) is 8.78 Å². The van der Waals surface area contributed by atoms with E-state index >= 15 is 0 Å². The van der Waals surface area contributed by atoms with E-state index in [2.05, 4.69) is 15.9 Å². The van der Waals surface area contributed by atoms with E-state index in [-0.39, 0.29) is 11.6 Å². The van der Waals surface area contributed by atoms with Crippen LogP contribution in [0.1, 0.15) is 24.0 Å². The summed E-state index contributed by atoms with van der Waals surface area (Å²) in [4.78, 5) is 0. The number of rotatable bonds is 5. The molecule has 104 valence electrons. The van der Waals surface area contributed by atoms with Crippen LogP contribution in [-0.4, -0.2) is 5.33 Å². The molecule has 2 aromatic carbocycles. The van der Waals surface area contributed by atoms with Crippen molar-refractivity contribution in [2.45, 2.75) is 12.8 Å². The van der Waals surface area contributed by atoms with Gasteiger partial charge in [-0.15, -0.1) is 0 Å². The monoisotopic (exact) mass is 336 g/mol. The van der Waals surface area contributed by atoms with Crippen LogP contribution < -0.4 is 0 Å². The molecule has 2 aromatic rings. The third-order valence-electron chi connectivity index (χ3n) is 2.96. The van der Waals surface area contributed by atoms with Gasteiger partial charge in [0.25, 0.3) is 0 Å². The first-order valence-corrected chi connectivity index (χ1v) is 7.61. The Morgan fingerprint density at radius 1 is 0.950 bits per heavy atom. The van der Waals surface area contributed by atoms with Gasteiger partial charge in [0.1, 0.15) is 11.6 Å². The van der Waals surface area contributed by atoms with E-state index in [1.54, 1.807) is 12.1 Å². The van der Waals surface area contributed by atoms with Gasteiger partial charge in [0.15, 0.2) is 0 Å². The molecular weight excluding hydrogens is 322 g/mol. The second-order valence-corrected chi connectivity index (χ2v) is 5.26. The molecule has 0 aliphatic rings. The van der Waals surface area contributed by atoms with E-state index in [0.717, 1.165) is 34.9 Å². The van der Waals surface area contributed by atoms with Crippen LogP contribution in [0.25, 0.3) is 5.57 Å². The minimum atomic E-state index is -0.287. The Morgan fingerprint density at radius 2 is 1.50 bits per heavy atom. The summed E-state index contributed by atoms with van der Waals surface area (Å²) >= 11 is 3.39. The number of alkyl halides is 1. The molecule has 0 fully saturated rings. The zero-order valence-electron chi connectivity index (χ0n) is 11.0. The normalized spacial score (nSPS) is 10.3. The number of benzene rings is 2. The van der Waals surface area contributed by atoms with Gasteiger partial charge in [-0.3, -0.25) is 0 Å². The Morgan fingerprint density at radius 3 is 1.95 bits per heavy atom. The van der Waals surface area contributed by atoms with Gasteiger partial charge in [-0.05, 0) is 53.8 Å². The Balaban J connectivity index is 2.42. The third-order valence-corrected chi connectivity index (χ3v) is 3.52. The molecule has 0 N–H and O–H groups in total. The fraction of sp³-hybridized carbons (Fsp3) is 0.176. The summed E-state index contributed by atoms with van der Waals surface area (Å²) in [5, 5.41) is 0.906. The summed E-state index contributed by atoms with van der Waals surface area (Å²) in [6.07, 6.45) is 3.87. The zero-order chi connectivity index (χ0) is 14.4.